The summed E-state index contributed by atoms with van der Waals surface area (Å²) in [5.74, 6) is -1.65. The molecular weight excluding hydrogens is 340 g/mol. The predicted molar refractivity (Wildman–Crippen MR) is 96.9 cm³/mol. The van der Waals surface area contributed by atoms with Gasteiger partial charge >= 0.3 is 5.97 Å². The number of carbonyl (C=O) groups is 3. The zero-order chi connectivity index (χ0) is 18.3. The highest BCUT2D eigenvalue weighted by molar-refractivity contribution is 7.81. The number of rotatable bonds is 4. The maximum atomic E-state index is 13.0. The second kappa shape index (κ2) is 6.71. The van der Waals surface area contributed by atoms with E-state index in [1.807, 2.05) is 32.0 Å². The molecule has 0 radical (unpaired) electrons. The number of carboxylic acid groups (broad SMARTS) is 1. The average molecular weight is 362 g/mol. The number of para-hydroxylation sites is 1. The topological polar surface area (TPSA) is 86.7 Å². The third kappa shape index (κ3) is 3.13. The molecule has 7 heteroatoms. The van der Waals surface area contributed by atoms with E-state index in [4.69, 9.17) is 0 Å². The van der Waals surface area contributed by atoms with Crippen LogP contribution in [0.2, 0.25) is 0 Å². The summed E-state index contributed by atoms with van der Waals surface area (Å²) in [7, 11) is 0. The lowest BCUT2D eigenvalue weighted by atomic mass is 10.0. The molecule has 1 aromatic carbocycles. The molecule has 3 atom stereocenters. The molecule has 134 valence electrons. The number of nitrogens with one attached hydrogen (secondary N) is 1. The monoisotopic (exact) mass is 362 g/mol. The molecule has 0 fully saturated rings. The molecule has 3 rings (SSSR count). The third-order valence-electron chi connectivity index (χ3n) is 4.91. The Bertz CT molecular complexity index is 734. The minimum Gasteiger partial charge on any atom is -0.480 e. The Morgan fingerprint density at radius 2 is 2.00 bits per heavy atom. The van der Waals surface area contributed by atoms with E-state index < -0.39 is 23.3 Å². The lowest BCUT2D eigenvalue weighted by Crippen LogP contribution is -2.53. The molecule has 0 aliphatic carbocycles. The lowest BCUT2D eigenvalue weighted by molar-refractivity contribution is -0.140. The Hall–Kier alpha value is -2.02. The van der Waals surface area contributed by atoms with E-state index in [-0.39, 0.29) is 17.7 Å². The van der Waals surface area contributed by atoms with Gasteiger partial charge in [0.25, 0.3) is 0 Å². The van der Waals surface area contributed by atoms with Crippen molar-refractivity contribution in [3.05, 3.63) is 29.3 Å². The van der Waals surface area contributed by atoms with Crippen molar-refractivity contribution >= 4 is 36.1 Å². The van der Waals surface area contributed by atoms with Crippen LogP contribution in [0.5, 0.6) is 0 Å². The predicted octanol–water partition coefficient (Wildman–Crippen LogP) is 1.41. The van der Waals surface area contributed by atoms with E-state index in [0.717, 1.165) is 11.1 Å². The Morgan fingerprint density at radius 3 is 2.64 bits per heavy atom. The molecule has 0 spiro atoms. The van der Waals surface area contributed by atoms with Crippen LogP contribution in [0, 0.1) is 5.92 Å². The summed E-state index contributed by atoms with van der Waals surface area (Å²) in [6.07, 6.45) is 1.36. The van der Waals surface area contributed by atoms with Crippen LogP contribution in [0.4, 0.5) is 5.69 Å². The van der Waals surface area contributed by atoms with Gasteiger partial charge in [-0.2, -0.15) is 12.6 Å². The molecule has 0 aromatic heterocycles. The van der Waals surface area contributed by atoms with Gasteiger partial charge in [-0.05, 0) is 29.9 Å². The first kappa shape index (κ1) is 17.8. The summed E-state index contributed by atoms with van der Waals surface area (Å²) in [6, 6.07) is 4.02. The van der Waals surface area contributed by atoms with Gasteiger partial charge in [0.2, 0.25) is 11.8 Å². The summed E-state index contributed by atoms with van der Waals surface area (Å²) in [5, 5.41) is 11.8. The normalized spacial score (nSPS) is 23.2. The van der Waals surface area contributed by atoms with Gasteiger partial charge < -0.3 is 10.4 Å². The number of carboxylic acids is 1. The zero-order valence-corrected chi connectivity index (χ0v) is 15.1. The Labute approximate surface area is 152 Å². The van der Waals surface area contributed by atoms with Crippen molar-refractivity contribution < 1.29 is 19.5 Å². The van der Waals surface area contributed by atoms with Crippen LogP contribution >= 0.6 is 12.6 Å². The highest BCUT2D eigenvalue weighted by atomic mass is 32.1. The van der Waals surface area contributed by atoms with E-state index in [2.05, 4.69) is 17.9 Å². The van der Waals surface area contributed by atoms with Crippen molar-refractivity contribution in [2.75, 3.05) is 4.90 Å². The highest BCUT2D eigenvalue weighted by Gasteiger charge is 2.44. The molecule has 2 N–H and O–H groups in total. The molecule has 1 unspecified atom stereocenters. The molecular formula is C18H22N2O4S. The van der Waals surface area contributed by atoms with Gasteiger partial charge in [0.15, 0.2) is 0 Å². The summed E-state index contributed by atoms with van der Waals surface area (Å²) in [5.41, 5.74) is 2.54. The van der Waals surface area contributed by atoms with Gasteiger partial charge in [0.05, 0.1) is 10.9 Å². The van der Waals surface area contributed by atoms with Crippen molar-refractivity contribution in [3.8, 4) is 0 Å². The van der Waals surface area contributed by atoms with Crippen LogP contribution < -0.4 is 10.2 Å². The quantitative estimate of drug-likeness (QED) is 0.707. The number of aryl methyl sites for hydroxylation is 1. The average Bonchev–Trinajstić information content (AvgIpc) is 2.91. The largest absolute Gasteiger partial charge is 0.480 e. The first-order valence-corrected chi connectivity index (χ1v) is 8.98. The summed E-state index contributed by atoms with van der Waals surface area (Å²) in [6.45, 7) is 3.77. The van der Waals surface area contributed by atoms with Gasteiger partial charge in [-0.1, -0.05) is 32.0 Å². The van der Waals surface area contributed by atoms with Crippen molar-refractivity contribution in [2.24, 2.45) is 5.92 Å². The molecule has 2 aliphatic heterocycles. The minimum absolute atomic E-state index is 0.0339. The number of amides is 2. The van der Waals surface area contributed by atoms with Crippen LogP contribution in [0.25, 0.3) is 0 Å². The maximum absolute atomic E-state index is 13.0. The molecule has 0 saturated carbocycles. The van der Waals surface area contributed by atoms with Crippen molar-refractivity contribution in [3.63, 3.8) is 0 Å². The smallest absolute Gasteiger partial charge is 0.327 e. The zero-order valence-electron chi connectivity index (χ0n) is 14.2. The van der Waals surface area contributed by atoms with Crippen LogP contribution in [0.1, 0.15) is 31.4 Å². The number of thiol groups is 1. The maximum Gasteiger partial charge on any atom is 0.327 e. The van der Waals surface area contributed by atoms with Gasteiger partial charge in [0.1, 0.15) is 12.1 Å². The Balaban J connectivity index is 1.91. The van der Waals surface area contributed by atoms with Gasteiger partial charge in [-0.15, -0.1) is 0 Å². The SMILES string of the molecule is CC(C)[C@H](S)C(=O)NC1CCc2cccc3c2N(C1=O)[C@H](C(=O)O)C3. The Morgan fingerprint density at radius 1 is 1.32 bits per heavy atom. The summed E-state index contributed by atoms with van der Waals surface area (Å²) < 4.78 is 0. The van der Waals surface area contributed by atoms with Crippen molar-refractivity contribution in [1.29, 1.82) is 0 Å². The molecule has 0 saturated heterocycles. The fourth-order valence-electron chi connectivity index (χ4n) is 3.52. The Kier molecular flexibility index (Phi) is 4.77. The number of nitrogens with zero attached hydrogens (tertiary/aromatic N) is 1. The van der Waals surface area contributed by atoms with Crippen LogP contribution in [0.3, 0.4) is 0 Å². The highest BCUT2D eigenvalue weighted by Crippen LogP contribution is 2.39. The second-order valence-corrected chi connectivity index (χ2v) is 7.54. The van der Waals surface area contributed by atoms with Crippen molar-refractivity contribution in [1.82, 2.24) is 5.32 Å². The molecule has 2 aliphatic rings. The van der Waals surface area contributed by atoms with Gasteiger partial charge in [-0.25, -0.2) is 4.79 Å². The van der Waals surface area contributed by atoms with E-state index in [1.165, 1.54) is 4.90 Å². The van der Waals surface area contributed by atoms with Crippen LogP contribution in [-0.4, -0.2) is 40.2 Å². The number of carbonyl (C=O) groups excluding carboxylic acids is 2. The second-order valence-electron chi connectivity index (χ2n) is 6.98. The van der Waals surface area contributed by atoms with Crippen molar-refractivity contribution in [2.45, 2.75) is 50.4 Å². The standard InChI is InChI=1S/C18H22N2O4S/c1-9(2)15(25)16(21)19-12-7-6-10-4-3-5-11-8-13(18(23)24)20(14(10)11)17(12)22/h3-5,9,12-13,15,25H,6-8H2,1-2H3,(H,19,21)(H,23,24)/t12?,13-,15-/m0/s1. The van der Waals surface area contributed by atoms with E-state index in [1.54, 1.807) is 0 Å². The molecule has 25 heavy (non-hydrogen) atoms. The fourth-order valence-corrected chi connectivity index (χ4v) is 3.60. The molecule has 1 aromatic rings. The molecule has 2 heterocycles. The molecule has 0 bridgehead atoms. The van der Waals surface area contributed by atoms with E-state index in [9.17, 15) is 19.5 Å². The number of hydrogen-bond donors (Lipinski definition) is 3. The number of anilines is 1. The molecule has 6 nitrogen and oxygen atoms in total. The lowest BCUT2D eigenvalue weighted by Gasteiger charge is -2.27. The fraction of sp³-hybridized carbons (Fsp3) is 0.500. The van der Waals surface area contributed by atoms with E-state index in [0.29, 0.717) is 24.9 Å². The van der Waals surface area contributed by atoms with E-state index >= 15 is 0 Å². The number of benzene rings is 1. The van der Waals surface area contributed by atoms with Gasteiger partial charge in [-0.3, -0.25) is 14.5 Å². The van der Waals surface area contributed by atoms with Gasteiger partial charge in [0, 0.05) is 6.42 Å². The summed E-state index contributed by atoms with van der Waals surface area (Å²) in [4.78, 5) is 38.4. The molecule has 2 amide bonds. The summed E-state index contributed by atoms with van der Waals surface area (Å²) >= 11 is 4.30. The first-order chi connectivity index (χ1) is 11.8. The third-order valence-corrected chi connectivity index (χ3v) is 5.74. The first-order valence-electron chi connectivity index (χ1n) is 8.46. The minimum atomic E-state index is -1.03. The van der Waals surface area contributed by atoms with Crippen LogP contribution in [-0.2, 0) is 27.2 Å². The number of aliphatic carboxylic acids is 1. The number of hydrogen-bond acceptors (Lipinski definition) is 4. The van der Waals surface area contributed by atoms with Crippen LogP contribution in [0.15, 0.2) is 18.2 Å².